The van der Waals surface area contributed by atoms with Crippen LogP contribution >= 0.6 is 12.4 Å². The number of hydrogen-bond acceptors (Lipinski definition) is 3. The van der Waals surface area contributed by atoms with E-state index in [9.17, 15) is 8.42 Å². The molecule has 0 aliphatic heterocycles. The van der Waals surface area contributed by atoms with Crippen LogP contribution in [0, 0.1) is 19.8 Å². The highest BCUT2D eigenvalue weighted by Crippen LogP contribution is 2.17. The minimum atomic E-state index is -3.50. The van der Waals surface area contributed by atoms with Crippen LogP contribution in [0.4, 0.5) is 0 Å². The predicted octanol–water partition coefficient (Wildman–Crippen LogP) is 2.38. The highest BCUT2D eigenvalue weighted by molar-refractivity contribution is 7.89. The van der Waals surface area contributed by atoms with E-state index in [1.807, 2.05) is 19.1 Å². The first-order valence-electron chi connectivity index (χ1n) is 6.56. The van der Waals surface area contributed by atoms with E-state index in [-0.39, 0.29) is 18.4 Å². The summed E-state index contributed by atoms with van der Waals surface area (Å²) in [7, 11) is -3.50. The van der Waals surface area contributed by atoms with Gasteiger partial charge < -0.3 is 5.73 Å². The summed E-state index contributed by atoms with van der Waals surface area (Å²) >= 11 is 0. The Kier molecular flexibility index (Phi) is 7.73. The Morgan fingerprint density at radius 3 is 2.35 bits per heavy atom. The van der Waals surface area contributed by atoms with Gasteiger partial charge in [0.2, 0.25) is 10.0 Å². The zero-order valence-corrected chi connectivity index (χ0v) is 14.1. The summed E-state index contributed by atoms with van der Waals surface area (Å²) in [6, 6.07) is 5.21. The molecule has 3 N–H and O–H groups in total. The molecule has 0 saturated carbocycles. The fourth-order valence-corrected chi connectivity index (χ4v) is 3.63. The molecule has 1 aromatic rings. The van der Waals surface area contributed by atoms with Gasteiger partial charge in [-0.15, -0.1) is 12.4 Å². The van der Waals surface area contributed by atoms with Crippen LogP contribution in [0.25, 0.3) is 0 Å². The maximum absolute atomic E-state index is 12.4. The molecule has 0 aliphatic rings. The smallest absolute Gasteiger partial charge is 0.241 e. The van der Waals surface area contributed by atoms with E-state index in [2.05, 4.69) is 18.6 Å². The van der Waals surface area contributed by atoms with E-state index in [1.165, 1.54) is 0 Å². The Morgan fingerprint density at radius 1 is 1.25 bits per heavy atom. The van der Waals surface area contributed by atoms with Crippen molar-refractivity contribution < 1.29 is 8.42 Å². The molecule has 0 fully saturated rings. The molecular formula is C14H25ClN2O2S. The number of nitrogens with one attached hydrogen (secondary N) is 1. The Balaban J connectivity index is 0.00000361. The molecule has 1 aromatic carbocycles. The summed E-state index contributed by atoms with van der Waals surface area (Å²) in [6.45, 7) is 8.09. The SMILES string of the molecule is Cc1ccc(C)c(S(=O)(=O)NC(CN)CC(C)C)c1.Cl. The minimum absolute atomic E-state index is 0. The first kappa shape index (κ1) is 19.4. The molecule has 1 unspecified atom stereocenters. The van der Waals surface area contributed by atoms with Gasteiger partial charge >= 0.3 is 0 Å². The lowest BCUT2D eigenvalue weighted by Crippen LogP contribution is -2.41. The van der Waals surface area contributed by atoms with Crippen LogP contribution in [0.1, 0.15) is 31.4 Å². The van der Waals surface area contributed by atoms with Crippen molar-refractivity contribution in [2.45, 2.75) is 45.1 Å². The lowest BCUT2D eigenvalue weighted by Gasteiger charge is -2.19. The lowest BCUT2D eigenvalue weighted by atomic mass is 10.1. The lowest BCUT2D eigenvalue weighted by molar-refractivity contribution is 0.465. The molecule has 0 bridgehead atoms. The molecular weight excluding hydrogens is 296 g/mol. The molecule has 0 heterocycles. The van der Waals surface area contributed by atoms with E-state index in [0.717, 1.165) is 17.5 Å². The molecule has 1 atom stereocenters. The number of nitrogens with two attached hydrogens (primary N) is 1. The van der Waals surface area contributed by atoms with Crippen LogP contribution in [0.5, 0.6) is 0 Å². The molecule has 0 spiro atoms. The zero-order chi connectivity index (χ0) is 14.6. The van der Waals surface area contributed by atoms with Crippen molar-refractivity contribution in [3.05, 3.63) is 29.3 Å². The van der Waals surface area contributed by atoms with Crippen LogP contribution < -0.4 is 10.5 Å². The van der Waals surface area contributed by atoms with Crippen LogP contribution in [-0.4, -0.2) is 21.0 Å². The molecule has 0 radical (unpaired) electrons. The Morgan fingerprint density at radius 2 is 1.85 bits per heavy atom. The van der Waals surface area contributed by atoms with Crippen LogP contribution in [0.3, 0.4) is 0 Å². The first-order chi connectivity index (χ1) is 8.76. The summed E-state index contributed by atoms with van der Waals surface area (Å²) < 4.78 is 27.5. The average molecular weight is 321 g/mol. The minimum Gasteiger partial charge on any atom is -0.329 e. The number of rotatable bonds is 6. The molecule has 0 aliphatic carbocycles. The van der Waals surface area contributed by atoms with Crippen molar-refractivity contribution in [2.24, 2.45) is 11.7 Å². The maximum atomic E-state index is 12.4. The molecule has 0 saturated heterocycles. The van der Waals surface area contributed by atoms with Gasteiger partial charge in [0.15, 0.2) is 0 Å². The molecule has 6 heteroatoms. The topological polar surface area (TPSA) is 72.2 Å². The number of sulfonamides is 1. The van der Waals surface area contributed by atoms with Crippen molar-refractivity contribution in [3.8, 4) is 0 Å². The Bertz CT molecular complexity index is 530. The van der Waals surface area contributed by atoms with Gasteiger partial charge in [-0.1, -0.05) is 26.0 Å². The summed E-state index contributed by atoms with van der Waals surface area (Å²) in [5.74, 6) is 0.398. The average Bonchev–Trinajstić information content (AvgIpc) is 2.30. The molecule has 0 aromatic heterocycles. The number of halogens is 1. The molecule has 1 rings (SSSR count). The van der Waals surface area contributed by atoms with Crippen molar-refractivity contribution in [2.75, 3.05) is 6.54 Å². The third kappa shape index (κ3) is 5.40. The van der Waals surface area contributed by atoms with Crippen molar-refractivity contribution in [3.63, 3.8) is 0 Å². The van der Waals surface area contributed by atoms with E-state index in [4.69, 9.17) is 5.73 Å². The monoisotopic (exact) mass is 320 g/mol. The van der Waals surface area contributed by atoms with Gasteiger partial charge in [0, 0.05) is 12.6 Å². The zero-order valence-electron chi connectivity index (χ0n) is 12.5. The van der Waals surface area contributed by atoms with Crippen LogP contribution in [0.15, 0.2) is 23.1 Å². The third-order valence-electron chi connectivity index (χ3n) is 3.00. The predicted molar refractivity (Wildman–Crippen MR) is 85.8 cm³/mol. The van der Waals surface area contributed by atoms with Gasteiger partial charge in [-0.05, 0) is 43.4 Å². The van der Waals surface area contributed by atoms with E-state index in [1.54, 1.807) is 13.0 Å². The van der Waals surface area contributed by atoms with Crippen LogP contribution in [0.2, 0.25) is 0 Å². The summed E-state index contributed by atoms with van der Waals surface area (Å²) in [5, 5.41) is 0. The largest absolute Gasteiger partial charge is 0.329 e. The van der Waals surface area contributed by atoms with E-state index < -0.39 is 10.0 Å². The fourth-order valence-electron chi connectivity index (χ4n) is 2.04. The molecule has 4 nitrogen and oxygen atoms in total. The van der Waals surface area contributed by atoms with Gasteiger partial charge in [-0.25, -0.2) is 13.1 Å². The Labute approximate surface area is 128 Å². The van der Waals surface area contributed by atoms with Gasteiger partial charge in [0.1, 0.15) is 0 Å². The number of hydrogen-bond donors (Lipinski definition) is 2. The summed E-state index contributed by atoms with van der Waals surface area (Å²) in [6.07, 6.45) is 0.737. The second-order valence-electron chi connectivity index (χ2n) is 5.45. The van der Waals surface area contributed by atoms with Crippen molar-refractivity contribution in [1.82, 2.24) is 4.72 Å². The standard InChI is InChI=1S/C14H24N2O2S.ClH/c1-10(2)7-13(9-15)16-19(17,18)14-8-11(3)5-6-12(14)4;/h5-6,8,10,13,16H,7,9,15H2,1-4H3;1H. The molecule has 116 valence electrons. The van der Waals surface area contributed by atoms with E-state index >= 15 is 0 Å². The van der Waals surface area contributed by atoms with Gasteiger partial charge in [-0.3, -0.25) is 0 Å². The van der Waals surface area contributed by atoms with E-state index in [0.29, 0.717) is 17.4 Å². The number of benzene rings is 1. The Hall–Kier alpha value is -0.620. The van der Waals surface area contributed by atoms with Gasteiger partial charge in [0.25, 0.3) is 0 Å². The first-order valence-corrected chi connectivity index (χ1v) is 8.04. The van der Waals surface area contributed by atoms with Gasteiger partial charge in [-0.2, -0.15) is 0 Å². The summed E-state index contributed by atoms with van der Waals surface area (Å²) in [4.78, 5) is 0.342. The highest BCUT2D eigenvalue weighted by atomic mass is 35.5. The van der Waals surface area contributed by atoms with Crippen LogP contribution in [-0.2, 0) is 10.0 Å². The van der Waals surface area contributed by atoms with Gasteiger partial charge in [0.05, 0.1) is 4.90 Å². The summed E-state index contributed by atoms with van der Waals surface area (Å²) in [5.41, 5.74) is 7.33. The highest BCUT2D eigenvalue weighted by Gasteiger charge is 2.21. The normalized spacial score (nSPS) is 13.1. The molecule has 20 heavy (non-hydrogen) atoms. The third-order valence-corrected chi connectivity index (χ3v) is 4.66. The number of aryl methyl sites for hydroxylation is 2. The van der Waals surface area contributed by atoms with Crippen molar-refractivity contribution >= 4 is 22.4 Å². The quantitative estimate of drug-likeness (QED) is 0.845. The second-order valence-corrected chi connectivity index (χ2v) is 7.13. The molecule has 0 amide bonds. The second kappa shape index (κ2) is 7.98. The fraction of sp³-hybridized carbons (Fsp3) is 0.571. The maximum Gasteiger partial charge on any atom is 0.241 e. The van der Waals surface area contributed by atoms with Crippen molar-refractivity contribution in [1.29, 1.82) is 0 Å².